The first-order chi connectivity index (χ1) is 8.13. The minimum Gasteiger partial charge on any atom is -0.497 e. The standard InChI is InChI=1S/C10H14BNO5/c1-17-10-3-2-8(6-9(10)11(15)16)12(7-14)4-5-13/h2-3,6-7,13,15-16H,4-5H2,1H3. The summed E-state index contributed by atoms with van der Waals surface area (Å²) >= 11 is 0. The zero-order valence-corrected chi connectivity index (χ0v) is 9.41. The van der Waals surface area contributed by atoms with Gasteiger partial charge in [-0.15, -0.1) is 0 Å². The first kappa shape index (κ1) is 13.5. The highest BCUT2D eigenvalue weighted by molar-refractivity contribution is 6.59. The molecule has 0 fully saturated rings. The second kappa shape index (κ2) is 6.24. The summed E-state index contributed by atoms with van der Waals surface area (Å²) in [6.45, 7) is -0.0431. The molecule has 1 amide bonds. The number of aliphatic hydroxyl groups excluding tert-OH is 1. The summed E-state index contributed by atoms with van der Waals surface area (Å²) in [6, 6.07) is 4.54. The third-order valence-electron chi connectivity index (χ3n) is 2.29. The van der Waals surface area contributed by atoms with E-state index in [0.717, 1.165) is 0 Å². The quantitative estimate of drug-likeness (QED) is 0.408. The lowest BCUT2D eigenvalue weighted by Gasteiger charge is -2.18. The van der Waals surface area contributed by atoms with Gasteiger partial charge in [-0.3, -0.25) is 4.79 Å². The highest BCUT2D eigenvalue weighted by Crippen LogP contribution is 2.16. The van der Waals surface area contributed by atoms with Gasteiger partial charge in [0.05, 0.1) is 13.7 Å². The van der Waals surface area contributed by atoms with E-state index in [-0.39, 0.29) is 18.6 Å². The molecule has 0 aliphatic carbocycles. The maximum Gasteiger partial charge on any atom is 0.492 e. The van der Waals surface area contributed by atoms with Crippen LogP contribution in [-0.2, 0) is 4.79 Å². The Hall–Kier alpha value is -1.57. The largest absolute Gasteiger partial charge is 0.497 e. The Labute approximate surface area is 99.2 Å². The summed E-state index contributed by atoms with van der Waals surface area (Å²) in [5.74, 6) is 0.318. The van der Waals surface area contributed by atoms with Crippen LogP contribution in [0, 0.1) is 0 Å². The van der Waals surface area contributed by atoms with Crippen molar-refractivity contribution < 1.29 is 24.7 Å². The maximum absolute atomic E-state index is 10.8. The van der Waals surface area contributed by atoms with E-state index in [2.05, 4.69) is 0 Å². The molecule has 0 spiro atoms. The summed E-state index contributed by atoms with van der Waals surface area (Å²) in [5.41, 5.74) is 0.618. The van der Waals surface area contributed by atoms with E-state index < -0.39 is 7.12 Å². The van der Waals surface area contributed by atoms with E-state index in [1.165, 1.54) is 24.1 Å². The Kier molecular flexibility index (Phi) is 4.95. The van der Waals surface area contributed by atoms with Crippen LogP contribution in [0.4, 0.5) is 5.69 Å². The molecule has 3 N–H and O–H groups in total. The SMILES string of the molecule is COc1ccc(N(C=O)CCO)cc1B(O)O. The predicted molar refractivity (Wildman–Crippen MR) is 63.3 cm³/mol. The molecule has 7 heteroatoms. The fourth-order valence-corrected chi connectivity index (χ4v) is 1.45. The molecular formula is C10H14BNO5. The van der Waals surface area contributed by atoms with Gasteiger partial charge >= 0.3 is 7.12 Å². The lowest BCUT2D eigenvalue weighted by molar-refractivity contribution is -0.107. The molecule has 92 valence electrons. The average Bonchev–Trinajstić information content (AvgIpc) is 2.35. The molecule has 0 saturated heterocycles. The van der Waals surface area contributed by atoms with Crippen molar-refractivity contribution in [3.63, 3.8) is 0 Å². The number of aliphatic hydroxyl groups is 1. The second-order valence-corrected chi connectivity index (χ2v) is 3.32. The van der Waals surface area contributed by atoms with Crippen molar-refractivity contribution in [2.45, 2.75) is 0 Å². The highest BCUT2D eigenvalue weighted by Gasteiger charge is 2.18. The van der Waals surface area contributed by atoms with E-state index in [1.807, 2.05) is 0 Å². The average molecular weight is 239 g/mol. The zero-order valence-electron chi connectivity index (χ0n) is 9.41. The normalized spacial score (nSPS) is 9.88. The lowest BCUT2D eigenvalue weighted by Crippen LogP contribution is -2.33. The van der Waals surface area contributed by atoms with E-state index in [0.29, 0.717) is 17.8 Å². The molecule has 0 aliphatic rings. The van der Waals surface area contributed by atoms with Crippen molar-refractivity contribution >= 4 is 24.7 Å². The van der Waals surface area contributed by atoms with Crippen molar-refractivity contribution in [1.29, 1.82) is 0 Å². The number of ether oxygens (including phenoxy) is 1. The molecule has 1 aromatic carbocycles. The van der Waals surface area contributed by atoms with Crippen LogP contribution in [0.1, 0.15) is 0 Å². The van der Waals surface area contributed by atoms with Gasteiger partial charge in [0.2, 0.25) is 6.41 Å². The van der Waals surface area contributed by atoms with Crippen molar-refractivity contribution in [1.82, 2.24) is 0 Å². The Bertz CT molecular complexity index is 385. The smallest absolute Gasteiger partial charge is 0.492 e. The monoisotopic (exact) mass is 239 g/mol. The number of carbonyl (C=O) groups is 1. The van der Waals surface area contributed by atoms with Crippen LogP contribution in [-0.4, -0.2) is 48.9 Å². The molecule has 1 rings (SSSR count). The minimum atomic E-state index is -1.69. The number of hydrogen-bond acceptors (Lipinski definition) is 5. The minimum absolute atomic E-state index is 0.136. The van der Waals surface area contributed by atoms with Gasteiger partial charge in [-0.05, 0) is 18.2 Å². The van der Waals surface area contributed by atoms with Crippen LogP contribution < -0.4 is 15.1 Å². The molecular weight excluding hydrogens is 225 g/mol. The van der Waals surface area contributed by atoms with Crippen LogP contribution in [0.25, 0.3) is 0 Å². The summed E-state index contributed by atoms with van der Waals surface area (Å²) in [5, 5.41) is 27.1. The molecule has 0 atom stereocenters. The lowest BCUT2D eigenvalue weighted by atomic mass is 9.79. The Morgan fingerprint density at radius 1 is 1.47 bits per heavy atom. The highest BCUT2D eigenvalue weighted by atomic mass is 16.5. The number of anilines is 1. The Morgan fingerprint density at radius 3 is 2.65 bits per heavy atom. The number of amides is 1. The van der Waals surface area contributed by atoms with Gasteiger partial charge in [-0.2, -0.15) is 0 Å². The van der Waals surface area contributed by atoms with Crippen LogP contribution in [0.3, 0.4) is 0 Å². The van der Waals surface area contributed by atoms with Crippen molar-refractivity contribution in [3.8, 4) is 5.75 Å². The summed E-state index contributed by atoms with van der Waals surface area (Å²) in [4.78, 5) is 12.0. The van der Waals surface area contributed by atoms with Crippen molar-refractivity contribution in [3.05, 3.63) is 18.2 Å². The van der Waals surface area contributed by atoms with Crippen molar-refractivity contribution in [2.24, 2.45) is 0 Å². The predicted octanol–water partition coefficient (Wildman–Crippen LogP) is -1.67. The molecule has 0 bridgehead atoms. The fourth-order valence-electron chi connectivity index (χ4n) is 1.45. The van der Waals surface area contributed by atoms with Crippen LogP contribution in [0.5, 0.6) is 5.75 Å². The third kappa shape index (κ3) is 3.19. The number of hydrogen-bond donors (Lipinski definition) is 3. The summed E-state index contributed by atoms with van der Waals surface area (Å²) in [7, 11) is -0.279. The van der Waals surface area contributed by atoms with Crippen LogP contribution in [0.2, 0.25) is 0 Å². The molecule has 1 aromatic rings. The van der Waals surface area contributed by atoms with Crippen LogP contribution in [0.15, 0.2) is 18.2 Å². The Balaban J connectivity index is 3.10. The van der Waals surface area contributed by atoms with E-state index in [9.17, 15) is 4.79 Å². The Morgan fingerprint density at radius 2 is 2.18 bits per heavy atom. The number of rotatable bonds is 6. The topological polar surface area (TPSA) is 90.2 Å². The first-order valence-electron chi connectivity index (χ1n) is 5.01. The molecule has 6 nitrogen and oxygen atoms in total. The van der Waals surface area contributed by atoms with Gasteiger partial charge in [-0.1, -0.05) is 0 Å². The molecule has 0 radical (unpaired) electrons. The van der Waals surface area contributed by atoms with Gasteiger partial charge in [0.25, 0.3) is 0 Å². The summed E-state index contributed by atoms with van der Waals surface area (Å²) in [6.07, 6.45) is 0.561. The van der Waals surface area contributed by atoms with E-state index in [1.54, 1.807) is 6.07 Å². The van der Waals surface area contributed by atoms with Gasteiger partial charge in [0.1, 0.15) is 5.75 Å². The maximum atomic E-state index is 10.8. The molecule has 0 heterocycles. The molecule has 0 aliphatic heterocycles. The van der Waals surface area contributed by atoms with Crippen molar-refractivity contribution in [2.75, 3.05) is 25.2 Å². The molecule has 0 aromatic heterocycles. The zero-order chi connectivity index (χ0) is 12.8. The number of methoxy groups -OCH3 is 1. The van der Waals surface area contributed by atoms with Gasteiger partial charge in [0, 0.05) is 17.7 Å². The van der Waals surface area contributed by atoms with Gasteiger partial charge in [0.15, 0.2) is 0 Å². The second-order valence-electron chi connectivity index (χ2n) is 3.32. The van der Waals surface area contributed by atoms with E-state index >= 15 is 0 Å². The van der Waals surface area contributed by atoms with E-state index in [4.69, 9.17) is 19.9 Å². The molecule has 0 unspecified atom stereocenters. The third-order valence-corrected chi connectivity index (χ3v) is 2.29. The van der Waals surface area contributed by atoms with Crippen LogP contribution >= 0.6 is 0 Å². The number of carbonyl (C=O) groups excluding carboxylic acids is 1. The van der Waals surface area contributed by atoms with Gasteiger partial charge in [-0.25, -0.2) is 0 Å². The molecule has 0 saturated carbocycles. The first-order valence-corrected chi connectivity index (χ1v) is 5.01. The fraction of sp³-hybridized carbons (Fsp3) is 0.300. The number of nitrogens with zero attached hydrogens (tertiary/aromatic N) is 1. The summed E-state index contributed by atoms with van der Waals surface area (Å²) < 4.78 is 4.96. The van der Waals surface area contributed by atoms with Gasteiger partial charge < -0.3 is 24.8 Å². The number of benzene rings is 1. The molecule has 17 heavy (non-hydrogen) atoms.